The molecule has 0 aromatic heterocycles. The van der Waals surface area contributed by atoms with E-state index in [1.165, 1.54) is 25.7 Å². The van der Waals surface area contributed by atoms with Crippen molar-refractivity contribution in [3.05, 3.63) is 0 Å². The van der Waals surface area contributed by atoms with Gasteiger partial charge in [0.05, 0.1) is 6.61 Å². The summed E-state index contributed by atoms with van der Waals surface area (Å²) in [5, 5.41) is 12.9. The average Bonchev–Trinajstić information content (AvgIpc) is 2.36. The van der Waals surface area contributed by atoms with Gasteiger partial charge in [0.15, 0.2) is 0 Å². The fourth-order valence-corrected chi connectivity index (χ4v) is 3.57. The van der Waals surface area contributed by atoms with Gasteiger partial charge in [-0.1, -0.05) is 34.1 Å². The first-order valence-electron chi connectivity index (χ1n) is 8.11. The number of nitrogens with one attached hydrogen (secondary N) is 1. The van der Waals surface area contributed by atoms with E-state index in [4.69, 9.17) is 5.11 Å². The molecule has 3 heteroatoms. The van der Waals surface area contributed by atoms with Crippen LogP contribution in [0, 0.1) is 11.3 Å². The van der Waals surface area contributed by atoms with Crippen molar-refractivity contribution in [2.45, 2.75) is 59.4 Å². The van der Waals surface area contributed by atoms with E-state index in [0.29, 0.717) is 11.5 Å². The monoisotopic (exact) mass is 270 g/mol. The molecule has 0 spiro atoms. The smallest absolute Gasteiger partial charge is 0.0558 e. The third-order valence-corrected chi connectivity index (χ3v) is 4.68. The van der Waals surface area contributed by atoms with Gasteiger partial charge in [-0.05, 0) is 43.7 Å². The summed E-state index contributed by atoms with van der Waals surface area (Å²) in [7, 11) is 0. The number of rotatable bonds is 8. The molecule has 0 saturated heterocycles. The maximum atomic E-state index is 9.15. The summed E-state index contributed by atoms with van der Waals surface area (Å²) in [6.45, 7) is 13.6. The van der Waals surface area contributed by atoms with Crippen LogP contribution in [0.4, 0.5) is 0 Å². The van der Waals surface area contributed by atoms with Gasteiger partial charge in [0.25, 0.3) is 0 Å². The molecule has 0 aromatic carbocycles. The maximum Gasteiger partial charge on any atom is 0.0558 e. The first-order chi connectivity index (χ1) is 9.05. The van der Waals surface area contributed by atoms with Crippen molar-refractivity contribution in [3.63, 3.8) is 0 Å². The molecular weight excluding hydrogens is 236 g/mol. The zero-order chi connectivity index (χ0) is 14.3. The van der Waals surface area contributed by atoms with E-state index in [-0.39, 0.29) is 6.61 Å². The number of aliphatic hydroxyl groups is 1. The molecule has 1 aliphatic carbocycles. The lowest BCUT2D eigenvalue weighted by Gasteiger charge is -2.46. The van der Waals surface area contributed by atoms with Crippen LogP contribution in [-0.4, -0.2) is 48.8 Å². The van der Waals surface area contributed by atoms with Gasteiger partial charge in [0, 0.05) is 19.1 Å². The minimum Gasteiger partial charge on any atom is -0.395 e. The molecule has 0 aromatic rings. The number of likely N-dealkylation sites (N-methyl/N-ethyl adjacent to an activating group) is 1. The number of aliphatic hydroxyl groups excluding tert-OH is 1. The first-order valence-corrected chi connectivity index (χ1v) is 8.11. The highest BCUT2D eigenvalue weighted by Crippen LogP contribution is 2.39. The third-order valence-electron chi connectivity index (χ3n) is 4.68. The van der Waals surface area contributed by atoms with Gasteiger partial charge in [-0.15, -0.1) is 0 Å². The minimum absolute atomic E-state index is 0.275. The Balaban J connectivity index is 2.65. The van der Waals surface area contributed by atoms with Crippen molar-refractivity contribution in [1.82, 2.24) is 10.2 Å². The van der Waals surface area contributed by atoms with Gasteiger partial charge in [-0.2, -0.15) is 0 Å². The van der Waals surface area contributed by atoms with Crippen molar-refractivity contribution in [1.29, 1.82) is 0 Å². The predicted octanol–water partition coefficient (Wildman–Crippen LogP) is 2.50. The number of nitrogens with zero attached hydrogens (tertiary/aromatic N) is 1. The Morgan fingerprint density at radius 2 is 2.05 bits per heavy atom. The summed E-state index contributed by atoms with van der Waals surface area (Å²) < 4.78 is 0. The SMILES string of the molecule is CCCNC1C(CN(CC)CCO)CCCC1(C)C. The molecular formula is C16H34N2O. The lowest BCUT2D eigenvalue weighted by molar-refractivity contribution is 0.0745. The summed E-state index contributed by atoms with van der Waals surface area (Å²) in [6, 6.07) is 0.619. The van der Waals surface area contributed by atoms with E-state index in [9.17, 15) is 0 Å². The lowest BCUT2D eigenvalue weighted by atomic mass is 9.67. The van der Waals surface area contributed by atoms with E-state index in [1.54, 1.807) is 0 Å². The summed E-state index contributed by atoms with van der Waals surface area (Å²) in [5.74, 6) is 0.724. The van der Waals surface area contributed by atoms with E-state index in [2.05, 4.69) is 37.9 Å². The highest BCUT2D eigenvalue weighted by Gasteiger charge is 2.38. The van der Waals surface area contributed by atoms with Crippen LogP contribution in [0.1, 0.15) is 53.4 Å². The molecule has 0 amide bonds. The molecule has 2 atom stereocenters. The second kappa shape index (κ2) is 8.23. The average molecular weight is 270 g/mol. The highest BCUT2D eigenvalue weighted by molar-refractivity contribution is 4.94. The second-order valence-electron chi connectivity index (χ2n) is 6.69. The lowest BCUT2D eigenvalue weighted by Crippen LogP contribution is -2.53. The van der Waals surface area contributed by atoms with E-state index in [0.717, 1.165) is 32.1 Å². The molecule has 2 N–H and O–H groups in total. The third kappa shape index (κ3) is 5.05. The predicted molar refractivity (Wildman–Crippen MR) is 82.4 cm³/mol. The van der Waals surface area contributed by atoms with Crippen molar-refractivity contribution >= 4 is 0 Å². The minimum atomic E-state index is 0.275. The Morgan fingerprint density at radius 3 is 2.63 bits per heavy atom. The Hall–Kier alpha value is -0.120. The van der Waals surface area contributed by atoms with Crippen LogP contribution < -0.4 is 5.32 Å². The molecule has 0 radical (unpaired) electrons. The molecule has 3 nitrogen and oxygen atoms in total. The molecule has 1 saturated carbocycles. The van der Waals surface area contributed by atoms with Gasteiger partial charge in [0.2, 0.25) is 0 Å². The molecule has 1 fully saturated rings. The van der Waals surface area contributed by atoms with Gasteiger partial charge >= 0.3 is 0 Å². The van der Waals surface area contributed by atoms with Crippen molar-refractivity contribution < 1.29 is 5.11 Å². The summed E-state index contributed by atoms with van der Waals surface area (Å²) in [6.07, 6.45) is 5.20. The quantitative estimate of drug-likeness (QED) is 0.711. The Kier molecular flexibility index (Phi) is 7.33. The molecule has 0 heterocycles. The van der Waals surface area contributed by atoms with Crippen LogP contribution in [-0.2, 0) is 0 Å². The normalized spacial score (nSPS) is 26.8. The largest absolute Gasteiger partial charge is 0.395 e. The summed E-state index contributed by atoms with van der Waals surface area (Å²) in [4.78, 5) is 2.40. The molecule has 114 valence electrons. The zero-order valence-electron chi connectivity index (χ0n) is 13.4. The standard InChI is InChI=1S/C16H34N2O/c1-5-10-17-15-14(8-7-9-16(15,3)4)13-18(6-2)11-12-19/h14-15,17,19H,5-13H2,1-4H3. The number of hydrogen-bond donors (Lipinski definition) is 2. The fraction of sp³-hybridized carbons (Fsp3) is 1.00. The highest BCUT2D eigenvalue weighted by atomic mass is 16.3. The first kappa shape index (κ1) is 16.9. The summed E-state index contributed by atoms with van der Waals surface area (Å²) in [5.41, 5.74) is 0.400. The Labute approximate surface area is 119 Å². The fourth-order valence-electron chi connectivity index (χ4n) is 3.57. The maximum absolute atomic E-state index is 9.15. The van der Waals surface area contributed by atoms with E-state index < -0.39 is 0 Å². The van der Waals surface area contributed by atoms with Crippen LogP contribution >= 0.6 is 0 Å². The molecule has 19 heavy (non-hydrogen) atoms. The van der Waals surface area contributed by atoms with Crippen LogP contribution in [0.2, 0.25) is 0 Å². The zero-order valence-corrected chi connectivity index (χ0v) is 13.4. The van der Waals surface area contributed by atoms with Gasteiger partial charge < -0.3 is 15.3 Å². The second-order valence-corrected chi connectivity index (χ2v) is 6.69. The van der Waals surface area contributed by atoms with Crippen molar-refractivity contribution in [2.24, 2.45) is 11.3 Å². The Morgan fingerprint density at radius 1 is 1.32 bits per heavy atom. The van der Waals surface area contributed by atoms with Gasteiger partial charge in [0.1, 0.15) is 0 Å². The number of hydrogen-bond acceptors (Lipinski definition) is 3. The van der Waals surface area contributed by atoms with Crippen molar-refractivity contribution in [3.8, 4) is 0 Å². The van der Waals surface area contributed by atoms with E-state index in [1.807, 2.05) is 0 Å². The molecule has 1 aliphatic rings. The molecule has 0 aliphatic heterocycles. The van der Waals surface area contributed by atoms with Gasteiger partial charge in [-0.25, -0.2) is 0 Å². The van der Waals surface area contributed by atoms with Crippen molar-refractivity contribution in [2.75, 3.05) is 32.8 Å². The van der Waals surface area contributed by atoms with E-state index >= 15 is 0 Å². The Bertz CT molecular complexity index is 243. The molecule has 0 bridgehead atoms. The van der Waals surface area contributed by atoms with Crippen LogP contribution in [0.15, 0.2) is 0 Å². The topological polar surface area (TPSA) is 35.5 Å². The molecule has 1 rings (SSSR count). The van der Waals surface area contributed by atoms with Crippen LogP contribution in [0.3, 0.4) is 0 Å². The summed E-state index contributed by atoms with van der Waals surface area (Å²) >= 11 is 0. The van der Waals surface area contributed by atoms with Gasteiger partial charge in [-0.3, -0.25) is 0 Å². The van der Waals surface area contributed by atoms with Crippen LogP contribution in [0.25, 0.3) is 0 Å². The molecule has 2 unspecified atom stereocenters. The van der Waals surface area contributed by atoms with Crippen LogP contribution in [0.5, 0.6) is 0 Å².